The average molecular weight is 476 g/mol. The maximum atomic E-state index is 12.4. The zero-order chi connectivity index (χ0) is 23.1. The van der Waals surface area contributed by atoms with Gasteiger partial charge in [0.2, 0.25) is 11.9 Å². The smallest absolute Gasteiger partial charge is 0.263 e. The molecule has 0 radical (unpaired) electrons. The molecule has 3 N–H and O–H groups in total. The van der Waals surface area contributed by atoms with Gasteiger partial charge in [-0.3, -0.25) is 9.52 Å². The summed E-state index contributed by atoms with van der Waals surface area (Å²) in [4.78, 5) is 20.7. The van der Waals surface area contributed by atoms with Crippen LogP contribution in [0.25, 0.3) is 0 Å². The molecule has 0 saturated heterocycles. The minimum atomic E-state index is -3.85. The van der Waals surface area contributed by atoms with Crippen LogP contribution in [0.15, 0.2) is 47.4 Å². The van der Waals surface area contributed by atoms with E-state index in [0.717, 1.165) is 11.4 Å². The Labute approximate surface area is 190 Å². The van der Waals surface area contributed by atoms with Gasteiger partial charge in [0.1, 0.15) is 0 Å². The highest BCUT2D eigenvalue weighted by atomic mass is 35.5. The molecule has 3 aromatic rings. The molecular formula is C20H22ClN7O3S. The molecule has 0 fully saturated rings. The van der Waals surface area contributed by atoms with Crippen molar-refractivity contribution in [3.63, 3.8) is 0 Å². The molecule has 2 aromatic heterocycles. The minimum Gasteiger partial charge on any atom is -0.354 e. The number of carbonyl (C=O) groups excluding carboxylic acids is 1. The van der Waals surface area contributed by atoms with Gasteiger partial charge in [0.25, 0.3) is 10.0 Å². The number of nitrogens with one attached hydrogen (secondary N) is 3. The quantitative estimate of drug-likeness (QED) is 0.401. The summed E-state index contributed by atoms with van der Waals surface area (Å²) in [6.07, 6.45) is 0.870. The summed E-state index contributed by atoms with van der Waals surface area (Å²) in [5, 5.41) is 13.3. The summed E-state index contributed by atoms with van der Waals surface area (Å²) in [5.41, 5.74) is 2.24. The number of aryl methyl sites for hydroxylation is 2. The van der Waals surface area contributed by atoms with Crippen molar-refractivity contribution in [2.24, 2.45) is 0 Å². The lowest BCUT2D eigenvalue weighted by Crippen LogP contribution is -2.15. The number of nitrogens with zero attached hydrogens (tertiary/aromatic N) is 4. The molecule has 0 atom stereocenters. The Kier molecular flexibility index (Phi) is 7.54. The molecule has 1 aromatic carbocycles. The Bertz CT molecular complexity index is 1170. The topological polar surface area (TPSA) is 139 Å². The van der Waals surface area contributed by atoms with Crippen molar-refractivity contribution in [2.75, 3.05) is 21.9 Å². The summed E-state index contributed by atoms with van der Waals surface area (Å²) in [6, 6.07) is 10.5. The number of rotatable bonds is 9. The van der Waals surface area contributed by atoms with Crippen molar-refractivity contribution in [3.05, 3.63) is 59.0 Å². The number of hydrogen-bond donors (Lipinski definition) is 3. The Hall–Kier alpha value is -3.31. The molecule has 0 saturated carbocycles. The standard InChI is InChI=1S/C20H22ClN7O3S/c1-13-12-14(2)24-20(23-13)22-11-3-4-19(29)25-15-5-7-16(8-6-15)32(30,31)28-18-10-9-17(21)26-27-18/h5-10,12H,3-4,11H2,1-2H3,(H,25,29)(H,27,28)(H,22,23,24). The van der Waals surface area contributed by atoms with E-state index in [1.807, 2.05) is 19.9 Å². The van der Waals surface area contributed by atoms with Gasteiger partial charge in [0, 0.05) is 30.0 Å². The van der Waals surface area contributed by atoms with Gasteiger partial charge in [-0.05, 0) is 62.7 Å². The van der Waals surface area contributed by atoms with E-state index >= 15 is 0 Å². The molecule has 32 heavy (non-hydrogen) atoms. The van der Waals surface area contributed by atoms with Crippen molar-refractivity contribution in [2.45, 2.75) is 31.6 Å². The number of sulfonamides is 1. The molecule has 0 unspecified atom stereocenters. The highest BCUT2D eigenvalue weighted by Gasteiger charge is 2.15. The van der Waals surface area contributed by atoms with Gasteiger partial charge in [-0.15, -0.1) is 10.2 Å². The van der Waals surface area contributed by atoms with Crippen LogP contribution >= 0.6 is 11.6 Å². The fourth-order valence-electron chi connectivity index (χ4n) is 2.76. The van der Waals surface area contributed by atoms with Gasteiger partial charge >= 0.3 is 0 Å². The number of amides is 1. The van der Waals surface area contributed by atoms with E-state index in [9.17, 15) is 13.2 Å². The predicted octanol–water partition coefficient (Wildman–Crippen LogP) is 3.17. The lowest BCUT2D eigenvalue weighted by atomic mass is 10.2. The van der Waals surface area contributed by atoms with Gasteiger partial charge < -0.3 is 10.6 Å². The predicted molar refractivity (Wildman–Crippen MR) is 122 cm³/mol. The first-order valence-corrected chi connectivity index (χ1v) is 11.6. The molecule has 2 heterocycles. The third-order valence-electron chi connectivity index (χ3n) is 4.17. The fourth-order valence-corrected chi connectivity index (χ4v) is 3.86. The third-order valence-corrected chi connectivity index (χ3v) is 5.74. The Morgan fingerprint density at radius 1 is 1.00 bits per heavy atom. The highest BCUT2D eigenvalue weighted by molar-refractivity contribution is 7.92. The maximum Gasteiger partial charge on any atom is 0.263 e. The third kappa shape index (κ3) is 6.86. The van der Waals surface area contributed by atoms with Crippen LogP contribution in [0.3, 0.4) is 0 Å². The van der Waals surface area contributed by atoms with E-state index < -0.39 is 10.0 Å². The van der Waals surface area contributed by atoms with Crippen molar-refractivity contribution >= 4 is 45.0 Å². The molecule has 3 rings (SSSR count). The van der Waals surface area contributed by atoms with Crippen LogP contribution in [-0.2, 0) is 14.8 Å². The number of anilines is 3. The molecule has 12 heteroatoms. The number of aromatic nitrogens is 4. The lowest BCUT2D eigenvalue weighted by Gasteiger charge is -2.09. The molecule has 168 valence electrons. The van der Waals surface area contributed by atoms with E-state index in [0.29, 0.717) is 24.6 Å². The molecule has 0 bridgehead atoms. The maximum absolute atomic E-state index is 12.4. The van der Waals surface area contributed by atoms with Crippen molar-refractivity contribution in [1.82, 2.24) is 20.2 Å². The lowest BCUT2D eigenvalue weighted by molar-refractivity contribution is -0.116. The Morgan fingerprint density at radius 3 is 2.31 bits per heavy atom. The fraction of sp³-hybridized carbons (Fsp3) is 0.250. The summed E-state index contributed by atoms with van der Waals surface area (Å²) >= 11 is 5.64. The largest absolute Gasteiger partial charge is 0.354 e. The summed E-state index contributed by atoms with van der Waals surface area (Å²) in [5.74, 6) is 0.405. The molecule has 0 aliphatic carbocycles. The van der Waals surface area contributed by atoms with Crippen molar-refractivity contribution < 1.29 is 13.2 Å². The van der Waals surface area contributed by atoms with E-state index in [4.69, 9.17) is 11.6 Å². The van der Waals surface area contributed by atoms with Crippen LogP contribution in [0.2, 0.25) is 5.15 Å². The first-order chi connectivity index (χ1) is 15.2. The van der Waals surface area contributed by atoms with Gasteiger partial charge in [-0.2, -0.15) is 0 Å². The van der Waals surface area contributed by atoms with Crippen LogP contribution in [0, 0.1) is 13.8 Å². The van der Waals surface area contributed by atoms with Gasteiger partial charge in [0.15, 0.2) is 11.0 Å². The van der Waals surface area contributed by atoms with Gasteiger partial charge in [-0.25, -0.2) is 18.4 Å². The molecule has 0 spiro atoms. The number of benzene rings is 1. The van der Waals surface area contributed by atoms with E-state index in [2.05, 4.69) is 35.5 Å². The summed E-state index contributed by atoms with van der Waals surface area (Å²) in [7, 11) is -3.85. The highest BCUT2D eigenvalue weighted by Crippen LogP contribution is 2.18. The van der Waals surface area contributed by atoms with E-state index in [-0.39, 0.29) is 28.2 Å². The van der Waals surface area contributed by atoms with Crippen molar-refractivity contribution in [1.29, 1.82) is 0 Å². The molecule has 0 aliphatic heterocycles. The Balaban J connectivity index is 1.48. The van der Waals surface area contributed by atoms with Crippen molar-refractivity contribution in [3.8, 4) is 0 Å². The van der Waals surface area contributed by atoms with Crippen LogP contribution in [0.5, 0.6) is 0 Å². The first-order valence-electron chi connectivity index (χ1n) is 9.69. The number of halogens is 1. The summed E-state index contributed by atoms with van der Waals surface area (Å²) < 4.78 is 27.2. The second-order valence-corrected chi connectivity index (χ2v) is 8.99. The number of hydrogen-bond acceptors (Lipinski definition) is 8. The van der Waals surface area contributed by atoms with E-state index in [1.54, 1.807) is 0 Å². The first kappa shape index (κ1) is 23.4. The normalized spacial score (nSPS) is 11.1. The van der Waals surface area contributed by atoms with Crippen LogP contribution in [-0.4, -0.2) is 41.0 Å². The zero-order valence-corrected chi connectivity index (χ0v) is 19.0. The monoisotopic (exact) mass is 475 g/mol. The van der Waals surface area contributed by atoms with E-state index in [1.165, 1.54) is 36.4 Å². The Morgan fingerprint density at radius 2 is 1.69 bits per heavy atom. The molecule has 10 nitrogen and oxygen atoms in total. The van der Waals surface area contributed by atoms with Crippen LogP contribution < -0.4 is 15.4 Å². The van der Waals surface area contributed by atoms with Crippen LogP contribution in [0.1, 0.15) is 24.2 Å². The molecular weight excluding hydrogens is 454 g/mol. The number of carbonyl (C=O) groups is 1. The van der Waals surface area contributed by atoms with Gasteiger partial charge in [0.05, 0.1) is 4.90 Å². The molecule has 0 aliphatic rings. The minimum absolute atomic E-state index is 0.0184. The molecule has 1 amide bonds. The average Bonchev–Trinajstić information content (AvgIpc) is 2.72. The van der Waals surface area contributed by atoms with Gasteiger partial charge in [-0.1, -0.05) is 11.6 Å². The SMILES string of the molecule is Cc1cc(C)nc(NCCCC(=O)Nc2ccc(S(=O)(=O)Nc3ccc(Cl)nn3)cc2)n1. The second kappa shape index (κ2) is 10.3. The second-order valence-electron chi connectivity index (χ2n) is 6.92. The van der Waals surface area contributed by atoms with Crippen LogP contribution in [0.4, 0.5) is 17.5 Å². The summed E-state index contributed by atoms with van der Waals surface area (Å²) in [6.45, 7) is 4.34. The zero-order valence-electron chi connectivity index (χ0n) is 17.5.